The summed E-state index contributed by atoms with van der Waals surface area (Å²) < 4.78 is 18.7. The van der Waals surface area contributed by atoms with Gasteiger partial charge in [0.05, 0.1) is 12.7 Å². The van der Waals surface area contributed by atoms with E-state index in [9.17, 15) is 9.18 Å². The van der Waals surface area contributed by atoms with Crippen molar-refractivity contribution in [1.82, 2.24) is 4.90 Å². The van der Waals surface area contributed by atoms with E-state index in [1.165, 1.54) is 19.2 Å². The molecule has 0 spiro atoms. The Morgan fingerprint density at radius 2 is 2.39 bits per heavy atom. The van der Waals surface area contributed by atoms with Crippen LogP contribution in [-0.2, 0) is 0 Å². The van der Waals surface area contributed by atoms with Crippen molar-refractivity contribution in [3.8, 4) is 5.75 Å². The van der Waals surface area contributed by atoms with Gasteiger partial charge in [0.2, 0.25) is 0 Å². The first-order valence-corrected chi connectivity index (χ1v) is 6.38. The Hall–Kier alpha value is -1.29. The number of ether oxygens (including phenoxy) is 1. The number of halogens is 2. The molecular weight excluding hydrogens is 257 g/mol. The van der Waals surface area contributed by atoms with Crippen LogP contribution >= 0.6 is 11.6 Å². The SMILES string of the molecule is COc1ccc(C(=O)N2CCC(CCl)C2)c(F)c1. The van der Waals surface area contributed by atoms with Crippen molar-refractivity contribution in [3.05, 3.63) is 29.6 Å². The minimum Gasteiger partial charge on any atom is -0.497 e. The molecule has 1 atom stereocenters. The first-order valence-electron chi connectivity index (χ1n) is 5.84. The van der Waals surface area contributed by atoms with Crippen LogP contribution in [0, 0.1) is 11.7 Å². The first kappa shape index (κ1) is 13.1. The molecule has 0 N–H and O–H groups in total. The van der Waals surface area contributed by atoms with E-state index in [-0.39, 0.29) is 11.5 Å². The van der Waals surface area contributed by atoms with Gasteiger partial charge < -0.3 is 9.64 Å². The number of carbonyl (C=O) groups is 1. The normalized spacial score (nSPS) is 19.1. The molecule has 1 heterocycles. The van der Waals surface area contributed by atoms with Gasteiger partial charge in [-0.3, -0.25) is 4.79 Å². The molecule has 0 aromatic heterocycles. The Morgan fingerprint density at radius 1 is 1.61 bits per heavy atom. The first-order chi connectivity index (χ1) is 8.65. The summed E-state index contributed by atoms with van der Waals surface area (Å²) >= 11 is 5.77. The third-order valence-corrected chi connectivity index (χ3v) is 3.63. The van der Waals surface area contributed by atoms with E-state index in [1.54, 1.807) is 11.0 Å². The molecule has 1 aliphatic heterocycles. The van der Waals surface area contributed by atoms with Crippen LogP contribution in [0.2, 0.25) is 0 Å². The van der Waals surface area contributed by atoms with Crippen molar-refractivity contribution < 1.29 is 13.9 Å². The molecule has 1 saturated heterocycles. The van der Waals surface area contributed by atoms with Crippen molar-refractivity contribution in [2.75, 3.05) is 26.1 Å². The average Bonchev–Trinajstić information content (AvgIpc) is 2.86. The van der Waals surface area contributed by atoms with Crippen molar-refractivity contribution in [2.24, 2.45) is 5.92 Å². The molecule has 98 valence electrons. The number of likely N-dealkylation sites (tertiary alicyclic amines) is 1. The number of nitrogens with zero attached hydrogens (tertiary/aromatic N) is 1. The Bertz CT molecular complexity index is 453. The van der Waals surface area contributed by atoms with Crippen LogP contribution in [0.3, 0.4) is 0 Å². The molecule has 1 fully saturated rings. The lowest BCUT2D eigenvalue weighted by atomic mass is 10.1. The molecule has 1 amide bonds. The molecule has 1 aromatic rings. The number of hydrogen-bond donors (Lipinski definition) is 0. The summed E-state index contributed by atoms with van der Waals surface area (Å²) in [6, 6.07) is 4.28. The number of benzene rings is 1. The van der Waals surface area contributed by atoms with E-state index in [0.29, 0.717) is 30.6 Å². The van der Waals surface area contributed by atoms with Gasteiger partial charge in [-0.1, -0.05) is 0 Å². The molecule has 5 heteroatoms. The quantitative estimate of drug-likeness (QED) is 0.791. The zero-order chi connectivity index (χ0) is 13.1. The van der Waals surface area contributed by atoms with Crippen molar-refractivity contribution in [3.63, 3.8) is 0 Å². The van der Waals surface area contributed by atoms with Gasteiger partial charge in [-0.25, -0.2) is 4.39 Å². The van der Waals surface area contributed by atoms with Crippen molar-refractivity contribution in [1.29, 1.82) is 0 Å². The predicted octanol–water partition coefficient (Wildman–Crippen LogP) is 2.54. The monoisotopic (exact) mass is 271 g/mol. The number of alkyl halides is 1. The Balaban J connectivity index is 2.14. The fraction of sp³-hybridized carbons (Fsp3) is 0.462. The van der Waals surface area contributed by atoms with E-state index in [2.05, 4.69) is 0 Å². The second-order valence-electron chi connectivity index (χ2n) is 4.41. The van der Waals surface area contributed by atoms with Crippen molar-refractivity contribution >= 4 is 17.5 Å². The number of hydrogen-bond acceptors (Lipinski definition) is 2. The third kappa shape index (κ3) is 2.58. The van der Waals surface area contributed by atoms with Gasteiger partial charge in [0, 0.05) is 25.0 Å². The average molecular weight is 272 g/mol. The zero-order valence-corrected chi connectivity index (χ0v) is 10.9. The summed E-state index contributed by atoms with van der Waals surface area (Å²) in [5, 5.41) is 0. The lowest BCUT2D eigenvalue weighted by molar-refractivity contribution is 0.0783. The standard InChI is InChI=1S/C13H15ClFNO2/c1-18-10-2-3-11(12(15)6-10)13(17)16-5-4-9(7-14)8-16/h2-3,6,9H,4-5,7-8H2,1H3. The Kier molecular flexibility index (Phi) is 4.07. The zero-order valence-electron chi connectivity index (χ0n) is 10.2. The van der Waals surface area contributed by atoms with Crippen LogP contribution in [0.1, 0.15) is 16.8 Å². The number of rotatable bonds is 3. The second-order valence-corrected chi connectivity index (χ2v) is 4.71. The molecule has 1 aromatic carbocycles. The molecule has 0 radical (unpaired) electrons. The summed E-state index contributed by atoms with van der Waals surface area (Å²) in [6.45, 7) is 1.25. The van der Waals surface area contributed by atoms with Crippen LogP contribution in [0.5, 0.6) is 5.75 Å². The third-order valence-electron chi connectivity index (χ3n) is 3.20. The molecular formula is C13H15ClFNO2. The van der Waals surface area contributed by atoms with E-state index in [0.717, 1.165) is 6.42 Å². The van der Waals surface area contributed by atoms with Crippen LogP contribution in [0.15, 0.2) is 18.2 Å². The van der Waals surface area contributed by atoms with Gasteiger partial charge in [0.25, 0.3) is 5.91 Å². The molecule has 1 aliphatic rings. The lowest BCUT2D eigenvalue weighted by Gasteiger charge is -2.16. The molecule has 0 aliphatic carbocycles. The molecule has 0 bridgehead atoms. The lowest BCUT2D eigenvalue weighted by Crippen LogP contribution is -2.29. The second kappa shape index (κ2) is 5.57. The minimum absolute atomic E-state index is 0.0889. The van der Waals surface area contributed by atoms with Crippen LogP contribution < -0.4 is 4.74 Å². The summed E-state index contributed by atoms with van der Waals surface area (Å²) in [5.74, 6) is 0.437. The highest BCUT2D eigenvalue weighted by Crippen LogP contribution is 2.22. The Labute approximate surface area is 110 Å². The van der Waals surface area contributed by atoms with Crippen LogP contribution in [-0.4, -0.2) is 36.9 Å². The number of methoxy groups -OCH3 is 1. The van der Waals surface area contributed by atoms with Gasteiger partial charge in [0.15, 0.2) is 0 Å². The molecule has 2 rings (SSSR count). The van der Waals surface area contributed by atoms with Crippen LogP contribution in [0.4, 0.5) is 4.39 Å². The fourth-order valence-electron chi connectivity index (χ4n) is 2.11. The maximum absolute atomic E-state index is 13.8. The topological polar surface area (TPSA) is 29.5 Å². The molecule has 0 saturated carbocycles. The maximum Gasteiger partial charge on any atom is 0.256 e. The van der Waals surface area contributed by atoms with E-state index < -0.39 is 5.82 Å². The largest absolute Gasteiger partial charge is 0.497 e. The number of amides is 1. The Morgan fingerprint density at radius 3 is 2.94 bits per heavy atom. The fourth-order valence-corrected chi connectivity index (χ4v) is 2.36. The van der Waals surface area contributed by atoms with Gasteiger partial charge in [-0.2, -0.15) is 0 Å². The highest BCUT2D eigenvalue weighted by atomic mass is 35.5. The van der Waals surface area contributed by atoms with E-state index >= 15 is 0 Å². The van der Waals surface area contributed by atoms with Gasteiger partial charge in [-0.05, 0) is 24.5 Å². The summed E-state index contributed by atoms with van der Waals surface area (Å²) in [7, 11) is 1.46. The van der Waals surface area contributed by atoms with E-state index in [4.69, 9.17) is 16.3 Å². The number of carbonyl (C=O) groups excluding carboxylic acids is 1. The van der Waals surface area contributed by atoms with Crippen LogP contribution in [0.25, 0.3) is 0 Å². The minimum atomic E-state index is -0.548. The molecule has 1 unspecified atom stereocenters. The van der Waals surface area contributed by atoms with Crippen molar-refractivity contribution in [2.45, 2.75) is 6.42 Å². The highest BCUT2D eigenvalue weighted by Gasteiger charge is 2.27. The molecule has 18 heavy (non-hydrogen) atoms. The van der Waals surface area contributed by atoms with E-state index in [1.807, 2.05) is 0 Å². The van der Waals surface area contributed by atoms with Gasteiger partial charge in [-0.15, -0.1) is 11.6 Å². The maximum atomic E-state index is 13.8. The predicted molar refractivity (Wildman–Crippen MR) is 67.7 cm³/mol. The summed E-state index contributed by atoms with van der Waals surface area (Å²) in [6.07, 6.45) is 0.882. The smallest absolute Gasteiger partial charge is 0.256 e. The molecule has 3 nitrogen and oxygen atoms in total. The summed E-state index contributed by atoms with van der Waals surface area (Å²) in [5.41, 5.74) is 0.0889. The highest BCUT2D eigenvalue weighted by molar-refractivity contribution is 6.18. The van der Waals surface area contributed by atoms with Gasteiger partial charge in [0.1, 0.15) is 11.6 Å². The van der Waals surface area contributed by atoms with Gasteiger partial charge >= 0.3 is 0 Å². The summed E-state index contributed by atoms with van der Waals surface area (Å²) in [4.78, 5) is 13.8.